The predicted octanol–water partition coefficient (Wildman–Crippen LogP) is 4.57. The van der Waals surface area contributed by atoms with Crippen LogP contribution >= 0.6 is 0 Å². The molecular weight excluding hydrogens is 260 g/mol. The highest BCUT2D eigenvalue weighted by molar-refractivity contribution is 6.11. The molecule has 104 valence electrons. The van der Waals surface area contributed by atoms with Gasteiger partial charge in [0.1, 0.15) is 0 Å². The van der Waals surface area contributed by atoms with Crippen LogP contribution in [0.15, 0.2) is 60.7 Å². The summed E-state index contributed by atoms with van der Waals surface area (Å²) in [5.41, 5.74) is 1.03. The third-order valence-electron chi connectivity index (χ3n) is 3.49. The van der Waals surface area contributed by atoms with E-state index in [2.05, 4.69) is 30.3 Å². The van der Waals surface area contributed by atoms with Gasteiger partial charge in [-0.15, -0.1) is 0 Å². The normalized spacial score (nSPS) is 11.3. The second kappa shape index (κ2) is 5.80. The molecule has 0 bridgehead atoms. The fourth-order valence-electron chi connectivity index (χ4n) is 2.57. The average molecular weight is 276 g/mol. The molecule has 0 atom stereocenters. The Morgan fingerprint density at radius 3 is 2.43 bits per heavy atom. The van der Waals surface area contributed by atoms with Crippen LogP contribution in [-0.2, 0) is 9.53 Å². The van der Waals surface area contributed by atoms with Gasteiger partial charge in [0, 0.05) is 6.08 Å². The molecule has 0 aliphatic heterocycles. The summed E-state index contributed by atoms with van der Waals surface area (Å²) in [7, 11) is 0. The Balaban J connectivity index is 2.18. The standard InChI is InChI=1S/C19H16O2/c1-2-21-19(20)12-11-15-13-14-7-3-4-8-16(14)18-10-6-5-9-17(15)18/h3-13H,2H2,1H3. The van der Waals surface area contributed by atoms with Gasteiger partial charge < -0.3 is 4.74 Å². The number of benzene rings is 3. The second-order valence-electron chi connectivity index (χ2n) is 4.82. The van der Waals surface area contributed by atoms with E-state index in [1.54, 1.807) is 6.92 Å². The number of esters is 1. The van der Waals surface area contributed by atoms with Crippen molar-refractivity contribution in [1.29, 1.82) is 0 Å². The van der Waals surface area contributed by atoms with E-state index in [0.717, 1.165) is 10.9 Å². The fraction of sp³-hybridized carbons (Fsp3) is 0.105. The van der Waals surface area contributed by atoms with E-state index in [-0.39, 0.29) is 5.97 Å². The smallest absolute Gasteiger partial charge is 0.330 e. The average Bonchev–Trinajstić information content (AvgIpc) is 2.53. The minimum absolute atomic E-state index is 0.310. The van der Waals surface area contributed by atoms with Crippen LogP contribution in [0, 0.1) is 0 Å². The molecule has 0 N–H and O–H groups in total. The van der Waals surface area contributed by atoms with Crippen molar-refractivity contribution in [3.8, 4) is 0 Å². The molecule has 0 aliphatic rings. The molecular formula is C19H16O2. The lowest BCUT2D eigenvalue weighted by Gasteiger charge is -2.07. The molecule has 0 unspecified atom stereocenters. The topological polar surface area (TPSA) is 26.3 Å². The monoisotopic (exact) mass is 276 g/mol. The highest BCUT2D eigenvalue weighted by Crippen LogP contribution is 2.29. The summed E-state index contributed by atoms with van der Waals surface area (Å²) in [4.78, 5) is 11.5. The van der Waals surface area contributed by atoms with Crippen molar-refractivity contribution in [2.45, 2.75) is 6.92 Å². The molecule has 0 fully saturated rings. The molecule has 0 heterocycles. The molecule has 0 aliphatic carbocycles. The quantitative estimate of drug-likeness (QED) is 0.398. The molecule has 0 saturated heterocycles. The molecule has 0 aromatic heterocycles. The Kier molecular flexibility index (Phi) is 3.69. The minimum Gasteiger partial charge on any atom is -0.463 e. The molecule has 2 heteroatoms. The summed E-state index contributed by atoms with van der Waals surface area (Å²) in [6, 6.07) is 18.6. The van der Waals surface area contributed by atoms with E-state index < -0.39 is 0 Å². The molecule has 3 aromatic rings. The van der Waals surface area contributed by atoms with Crippen LogP contribution in [0.5, 0.6) is 0 Å². The molecule has 0 spiro atoms. The molecule has 3 aromatic carbocycles. The summed E-state index contributed by atoms with van der Waals surface area (Å²) in [5.74, 6) is -0.310. The van der Waals surface area contributed by atoms with Crippen LogP contribution < -0.4 is 0 Å². The fourth-order valence-corrected chi connectivity index (χ4v) is 2.57. The van der Waals surface area contributed by atoms with Crippen molar-refractivity contribution in [2.75, 3.05) is 6.61 Å². The first-order valence-corrected chi connectivity index (χ1v) is 7.05. The van der Waals surface area contributed by atoms with Crippen molar-refractivity contribution >= 4 is 33.6 Å². The van der Waals surface area contributed by atoms with Crippen LogP contribution in [0.4, 0.5) is 0 Å². The summed E-state index contributed by atoms with van der Waals surface area (Å²) in [6.45, 7) is 2.19. The van der Waals surface area contributed by atoms with Crippen molar-refractivity contribution in [2.24, 2.45) is 0 Å². The first-order valence-electron chi connectivity index (χ1n) is 7.05. The molecule has 3 rings (SSSR count). The first kappa shape index (κ1) is 13.4. The summed E-state index contributed by atoms with van der Waals surface area (Å²) >= 11 is 0. The maximum absolute atomic E-state index is 11.5. The summed E-state index contributed by atoms with van der Waals surface area (Å²) in [5, 5.41) is 4.72. The van der Waals surface area contributed by atoms with Gasteiger partial charge in [-0.2, -0.15) is 0 Å². The van der Waals surface area contributed by atoms with Crippen molar-refractivity contribution < 1.29 is 9.53 Å². The van der Waals surface area contributed by atoms with Crippen LogP contribution in [0.2, 0.25) is 0 Å². The van der Waals surface area contributed by atoms with E-state index in [4.69, 9.17) is 4.74 Å². The number of hydrogen-bond acceptors (Lipinski definition) is 2. The Morgan fingerprint density at radius 1 is 1.00 bits per heavy atom. The zero-order valence-electron chi connectivity index (χ0n) is 11.9. The minimum atomic E-state index is -0.310. The van der Waals surface area contributed by atoms with Gasteiger partial charge in [0.05, 0.1) is 6.61 Å². The highest BCUT2D eigenvalue weighted by Gasteiger charge is 2.04. The SMILES string of the molecule is CCOC(=O)C=Cc1cc2ccccc2c2ccccc12. The van der Waals surface area contributed by atoms with Gasteiger partial charge in [-0.1, -0.05) is 48.5 Å². The van der Waals surface area contributed by atoms with E-state index >= 15 is 0 Å². The van der Waals surface area contributed by atoms with E-state index in [9.17, 15) is 4.79 Å². The Bertz CT molecular complexity index is 831. The summed E-state index contributed by atoms with van der Waals surface area (Å²) in [6.07, 6.45) is 3.31. The van der Waals surface area contributed by atoms with Crippen LogP contribution in [0.3, 0.4) is 0 Å². The van der Waals surface area contributed by atoms with Gasteiger partial charge in [0.25, 0.3) is 0 Å². The van der Waals surface area contributed by atoms with Crippen LogP contribution in [0.25, 0.3) is 27.6 Å². The van der Waals surface area contributed by atoms with E-state index in [1.165, 1.54) is 22.2 Å². The Morgan fingerprint density at radius 2 is 1.67 bits per heavy atom. The third-order valence-corrected chi connectivity index (χ3v) is 3.49. The number of carbonyl (C=O) groups is 1. The van der Waals surface area contributed by atoms with Gasteiger partial charge in [0.2, 0.25) is 0 Å². The van der Waals surface area contributed by atoms with Crippen LogP contribution in [-0.4, -0.2) is 12.6 Å². The lowest BCUT2D eigenvalue weighted by atomic mass is 9.97. The van der Waals surface area contributed by atoms with Crippen molar-refractivity contribution in [3.05, 3.63) is 66.2 Å². The molecule has 0 saturated carbocycles. The van der Waals surface area contributed by atoms with Gasteiger partial charge in [-0.3, -0.25) is 0 Å². The highest BCUT2D eigenvalue weighted by atomic mass is 16.5. The third kappa shape index (κ3) is 2.65. The number of ether oxygens (including phenoxy) is 1. The van der Waals surface area contributed by atoms with E-state index in [0.29, 0.717) is 6.61 Å². The van der Waals surface area contributed by atoms with Gasteiger partial charge in [-0.25, -0.2) is 4.79 Å². The Hall–Kier alpha value is -2.61. The number of rotatable bonds is 3. The van der Waals surface area contributed by atoms with Gasteiger partial charge >= 0.3 is 5.97 Å². The van der Waals surface area contributed by atoms with Crippen molar-refractivity contribution in [3.63, 3.8) is 0 Å². The number of fused-ring (bicyclic) bond motifs is 3. The largest absolute Gasteiger partial charge is 0.463 e. The second-order valence-corrected chi connectivity index (χ2v) is 4.82. The van der Waals surface area contributed by atoms with Gasteiger partial charge in [0.15, 0.2) is 0 Å². The van der Waals surface area contributed by atoms with Gasteiger partial charge in [-0.05, 0) is 46.2 Å². The lowest BCUT2D eigenvalue weighted by Crippen LogP contribution is -1.98. The number of carbonyl (C=O) groups excluding carboxylic acids is 1. The molecule has 21 heavy (non-hydrogen) atoms. The first-order chi connectivity index (χ1) is 10.3. The lowest BCUT2D eigenvalue weighted by molar-refractivity contribution is -0.137. The molecule has 2 nitrogen and oxygen atoms in total. The van der Waals surface area contributed by atoms with Crippen molar-refractivity contribution in [1.82, 2.24) is 0 Å². The zero-order valence-corrected chi connectivity index (χ0v) is 11.9. The zero-order chi connectivity index (χ0) is 14.7. The van der Waals surface area contributed by atoms with E-state index in [1.807, 2.05) is 30.3 Å². The summed E-state index contributed by atoms with van der Waals surface area (Å²) < 4.78 is 4.94. The Labute approximate surface area is 123 Å². The molecule has 0 amide bonds. The maximum Gasteiger partial charge on any atom is 0.330 e. The number of hydrogen-bond donors (Lipinski definition) is 0. The molecule has 0 radical (unpaired) electrons. The van der Waals surface area contributed by atoms with Crippen LogP contribution in [0.1, 0.15) is 12.5 Å². The predicted molar refractivity (Wildman–Crippen MR) is 87.1 cm³/mol. The maximum atomic E-state index is 11.5.